The van der Waals surface area contributed by atoms with Gasteiger partial charge in [0.25, 0.3) is 5.56 Å². The fraction of sp³-hybridized carbons (Fsp3) is 0.267. The summed E-state index contributed by atoms with van der Waals surface area (Å²) in [5.74, 6) is -1.51. The van der Waals surface area contributed by atoms with Gasteiger partial charge in [0.05, 0.1) is 51.7 Å². The number of carbonyl (C=O) groups excluding carboxylic acids is 1. The largest absolute Gasteiger partial charge is 0.497 e. The lowest BCUT2D eigenvalue weighted by atomic mass is 10.0. The Bertz CT molecular complexity index is 3100. The lowest BCUT2D eigenvalue weighted by Gasteiger charge is -2.26. The summed E-state index contributed by atoms with van der Waals surface area (Å²) in [6.45, 7) is 4.83. The van der Waals surface area contributed by atoms with Gasteiger partial charge in [-0.15, -0.1) is 0 Å². The van der Waals surface area contributed by atoms with E-state index in [-0.39, 0.29) is 73.7 Å². The summed E-state index contributed by atoms with van der Waals surface area (Å²) in [6, 6.07) is 18.5. The number of benzene rings is 4. The molecule has 4 aromatic carbocycles. The molecule has 1 amide bonds. The van der Waals surface area contributed by atoms with Gasteiger partial charge < -0.3 is 14.8 Å². The van der Waals surface area contributed by atoms with Crippen LogP contribution in [0.3, 0.4) is 0 Å². The molecular formula is C45H40ClF5N6O6S. The van der Waals surface area contributed by atoms with Crippen LogP contribution in [0.15, 0.2) is 95.8 Å². The zero-order valence-corrected chi connectivity index (χ0v) is 36.7. The van der Waals surface area contributed by atoms with E-state index in [9.17, 15) is 35.2 Å². The molecule has 64 heavy (non-hydrogen) atoms. The van der Waals surface area contributed by atoms with E-state index in [1.807, 2.05) is 0 Å². The predicted octanol–water partition coefficient (Wildman–Crippen LogP) is 9.43. The first-order chi connectivity index (χ1) is 30.0. The summed E-state index contributed by atoms with van der Waals surface area (Å²) in [6.07, 6.45) is -5.06. The first-order valence-corrected chi connectivity index (χ1v) is 21.9. The molecule has 0 saturated heterocycles. The average molecular weight is 923 g/mol. The Morgan fingerprint density at radius 2 is 1.58 bits per heavy atom. The normalized spacial score (nSPS) is 13.2. The van der Waals surface area contributed by atoms with Gasteiger partial charge in [-0.25, -0.2) is 32.0 Å². The van der Waals surface area contributed by atoms with E-state index in [1.165, 1.54) is 61.3 Å². The number of amides is 1. The van der Waals surface area contributed by atoms with Gasteiger partial charge in [0, 0.05) is 36.7 Å². The number of methoxy groups -OCH3 is 1. The molecule has 19 heteroatoms. The molecule has 0 aliphatic carbocycles. The SMILES string of the molecule is COc1ccc(CC(c2nn(C)c3c(-n4c([C@H](Cc5cc(F)cc(F)c5)NC(=O)OC(C)(C)C)nc5cc(-c6cccc(C(F)(F)F)n6)ccc5c4=O)ccc(Cl)c23)S(C)(=O)=O)cc1. The average Bonchev–Trinajstić information content (AvgIpc) is 3.55. The Morgan fingerprint density at radius 3 is 2.20 bits per heavy atom. The monoisotopic (exact) mass is 922 g/mol. The van der Waals surface area contributed by atoms with Crippen molar-refractivity contribution in [3.8, 4) is 22.7 Å². The summed E-state index contributed by atoms with van der Waals surface area (Å²) in [7, 11) is -0.880. The van der Waals surface area contributed by atoms with Crippen molar-refractivity contribution in [2.75, 3.05) is 13.4 Å². The number of fused-ring (bicyclic) bond motifs is 2. The molecule has 3 heterocycles. The van der Waals surface area contributed by atoms with E-state index >= 15 is 4.79 Å². The van der Waals surface area contributed by atoms with Crippen molar-refractivity contribution < 1.29 is 44.6 Å². The molecule has 1 N–H and O–H groups in total. The van der Waals surface area contributed by atoms with Crippen molar-refractivity contribution in [1.82, 2.24) is 29.6 Å². The fourth-order valence-corrected chi connectivity index (χ4v) is 8.74. The van der Waals surface area contributed by atoms with Crippen LogP contribution in [0.2, 0.25) is 5.02 Å². The number of pyridine rings is 1. The second kappa shape index (κ2) is 17.3. The Hall–Kier alpha value is -6.40. The number of rotatable bonds is 11. The Kier molecular flexibility index (Phi) is 12.3. The minimum absolute atomic E-state index is 0.0205. The maximum Gasteiger partial charge on any atom is 0.433 e. The van der Waals surface area contributed by atoms with Gasteiger partial charge in [0.15, 0.2) is 9.84 Å². The zero-order chi connectivity index (χ0) is 46.5. The van der Waals surface area contributed by atoms with Crippen molar-refractivity contribution >= 4 is 49.3 Å². The molecule has 0 saturated carbocycles. The number of alkyl halides is 3. The Balaban J connectivity index is 1.51. The standard InChI is InChI=1S/C45H40ClF5N6O6S/c1-44(2,3)63-43(59)54-34(20-25-18-27(47)23-28(48)19-25)41-53-33-22-26(32-8-7-9-37(52-32)45(49,50)51)12-15-30(33)42(58)57(41)35-17-16-31(46)38-39(55-56(4)40(35)38)36(64(6,60)61)21-24-10-13-29(62-5)14-11-24/h7-19,22-23,34,36H,20-21H2,1-6H3,(H,54,59)/t34-,36?/m0/s1. The van der Waals surface area contributed by atoms with E-state index in [2.05, 4.69) is 15.4 Å². The highest BCUT2D eigenvalue weighted by Gasteiger charge is 2.34. The second-order valence-electron chi connectivity index (χ2n) is 16.1. The van der Waals surface area contributed by atoms with Gasteiger partial charge in [0.1, 0.15) is 39.8 Å². The summed E-state index contributed by atoms with van der Waals surface area (Å²) >= 11 is 6.90. The maximum atomic E-state index is 15.1. The number of alkyl carbamates (subject to hydrolysis) is 1. The quantitative estimate of drug-likeness (QED) is 0.125. The van der Waals surface area contributed by atoms with Crippen molar-refractivity contribution in [2.24, 2.45) is 7.05 Å². The van der Waals surface area contributed by atoms with Crippen LogP contribution in [-0.2, 0) is 40.6 Å². The molecule has 1 unspecified atom stereocenters. The number of nitrogens with one attached hydrogen (secondary N) is 1. The Morgan fingerprint density at radius 1 is 0.891 bits per heavy atom. The lowest BCUT2D eigenvalue weighted by Crippen LogP contribution is -2.39. The number of aromatic nitrogens is 5. The van der Waals surface area contributed by atoms with Crippen LogP contribution in [0, 0.1) is 11.6 Å². The van der Waals surface area contributed by atoms with Crippen LogP contribution >= 0.6 is 11.6 Å². The highest BCUT2D eigenvalue weighted by Crippen LogP contribution is 2.39. The molecule has 3 aromatic heterocycles. The molecular weight excluding hydrogens is 883 g/mol. The van der Waals surface area contributed by atoms with E-state index < -0.39 is 61.9 Å². The third kappa shape index (κ3) is 9.72. The summed E-state index contributed by atoms with van der Waals surface area (Å²) < 4.78 is 111. The van der Waals surface area contributed by atoms with E-state index in [1.54, 1.807) is 45.0 Å². The van der Waals surface area contributed by atoms with E-state index in [4.69, 9.17) is 26.1 Å². The molecule has 0 aliphatic heterocycles. The van der Waals surface area contributed by atoms with Gasteiger partial charge in [0.2, 0.25) is 0 Å². The first kappa shape index (κ1) is 45.6. The third-order valence-corrected chi connectivity index (χ3v) is 11.9. The number of hydrogen-bond donors (Lipinski definition) is 1. The number of carbonyl (C=O) groups is 1. The summed E-state index contributed by atoms with van der Waals surface area (Å²) in [5, 5.41) is 6.37. The van der Waals surface area contributed by atoms with E-state index in [0.717, 1.165) is 29.0 Å². The number of ether oxygens (including phenoxy) is 2. The van der Waals surface area contributed by atoms with Crippen molar-refractivity contribution in [3.63, 3.8) is 0 Å². The molecule has 0 spiro atoms. The van der Waals surface area contributed by atoms with Crippen LogP contribution in [0.1, 0.15) is 60.4 Å². The highest BCUT2D eigenvalue weighted by molar-refractivity contribution is 7.90. The molecule has 0 aliphatic rings. The summed E-state index contributed by atoms with van der Waals surface area (Å²) in [5.41, 5.74) is -1.90. The molecule has 7 aromatic rings. The fourth-order valence-electron chi connectivity index (χ4n) is 7.42. The molecule has 12 nitrogen and oxygen atoms in total. The number of aryl methyl sites for hydroxylation is 1. The smallest absolute Gasteiger partial charge is 0.433 e. The molecule has 2 atom stereocenters. The minimum Gasteiger partial charge on any atom is -0.497 e. The van der Waals surface area contributed by atoms with Crippen molar-refractivity contribution in [3.05, 3.63) is 146 Å². The van der Waals surface area contributed by atoms with Crippen molar-refractivity contribution in [2.45, 2.75) is 56.7 Å². The minimum atomic E-state index is -4.75. The van der Waals surface area contributed by atoms with Crippen LogP contribution in [-0.4, -0.2) is 57.8 Å². The molecule has 7 rings (SSSR count). The van der Waals surface area contributed by atoms with Crippen LogP contribution in [0.25, 0.3) is 38.8 Å². The number of hydrogen-bond acceptors (Lipinski definition) is 9. The maximum absolute atomic E-state index is 15.1. The number of sulfone groups is 1. The third-order valence-electron chi connectivity index (χ3n) is 10.2. The topological polar surface area (TPSA) is 147 Å². The van der Waals surface area contributed by atoms with Crippen LogP contribution in [0.5, 0.6) is 5.75 Å². The highest BCUT2D eigenvalue weighted by atomic mass is 35.5. The van der Waals surface area contributed by atoms with Gasteiger partial charge in [-0.3, -0.25) is 14.0 Å². The van der Waals surface area contributed by atoms with Gasteiger partial charge >= 0.3 is 12.3 Å². The van der Waals surface area contributed by atoms with Gasteiger partial charge in [-0.05, 0) is 99.0 Å². The molecule has 0 fully saturated rings. The van der Waals surface area contributed by atoms with Crippen molar-refractivity contribution in [1.29, 1.82) is 0 Å². The molecule has 0 bridgehead atoms. The summed E-state index contributed by atoms with van der Waals surface area (Å²) in [4.78, 5) is 37.4. The predicted molar refractivity (Wildman–Crippen MR) is 231 cm³/mol. The van der Waals surface area contributed by atoms with E-state index in [0.29, 0.717) is 17.4 Å². The Labute approximate surface area is 368 Å². The molecule has 0 radical (unpaired) electrons. The van der Waals surface area contributed by atoms with Crippen LogP contribution < -0.4 is 15.6 Å². The first-order valence-electron chi connectivity index (χ1n) is 19.5. The zero-order valence-electron chi connectivity index (χ0n) is 35.1. The van der Waals surface area contributed by atoms with Crippen LogP contribution in [0.4, 0.5) is 26.7 Å². The second-order valence-corrected chi connectivity index (χ2v) is 18.7. The molecule has 334 valence electrons. The lowest BCUT2D eigenvalue weighted by molar-refractivity contribution is -0.141. The number of halogens is 6. The van der Waals surface area contributed by atoms with Gasteiger partial charge in [-0.2, -0.15) is 18.3 Å². The number of nitrogens with zero attached hydrogens (tertiary/aromatic N) is 5. The van der Waals surface area contributed by atoms with Gasteiger partial charge in [-0.1, -0.05) is 35.9 Å².